The van der Waals surface area contributed by atoms with E-state index in [0.29, 0.717) is 24.4 Å². The van der Waals surface area contributed by atoms with Gasteiger partial charge in [0.25, 0.3) is 0 Å². The van der Waals surface area contributed by atoms with Crippen molar-refractivity contribution in [1.29, 1.82) is 0 Å². The number of carbonyl (C=O) groups is 3. The van der Waals surface area contributed by atoms with Gasteiger partial charge in [0.05, 0.1) is 30.8 Å². The van der Waals surface area contributed by atoms with Crippen LogP contribution in [0.3, 0.4) is 0 Å². The second-order valence-electron chi connectivity index (χ2n) is 5.56. The summed E-state index contributed by atoms with van der Waals surface area (Å²) in [6.45, 7) is -0.267. The van der Waals surface area contributed by atoms with Gasteiger partial charge in [-0.2, -0.15) is 0 Å². The van der Waals surface area contributed by atoms with E-state index in [1.165, 1.54) is 13.3 Å². The number of fused-ring (bicyclic) bond motifs is 1. The lowest BCUT2D eigenvalue weighted by Crippen LogP contribution is -2.38. The highest BCUT2D eigenvalue weighted by Gasteiger charge is 2.47. The molecule has 3 rings (SSSR count). The van der Waals surface area contributed by atoms with Gasteiger partial charge in [0.1, 0.15) is 6.54 Å². The van der Waals surface area contributed by atoms with Crippen molar-refractivity contribution in [1.82, 2.24) is 9.88 Å². The summed E-state index contributed by atoms with van der Waals surface area (Å²) in [5.74, 6) is -1.14. The van der Waals surface area contributed by atoms with Gasteiger partial charge in [-0.25, -0.2) is 4.98 Å². The molecule has 120 valence electrons. The highest BCUT2D eigenvalue weighted by molar-refractivity contribution is 6.08. The van der Waals surface area contributed by atoms with E-state index in [-0.39, 0.29) is 30.2 Å². The Hall–Kier alpha value is -2.70. The first-order valence-electron chi connectivity index (χ1n) is 7.40. The van der Waals surface area contributed by atoms with Crippen LogP contribution in [-0.2, 0) is 14.4 Å². The zero-order chi connectivity index (χ0) is 16.4. The zero-order valence-electron chi connectivity index (χ0n) is 12.7. The fraction of sp³-hybridized carbons (Fsp3) is 0.375. The minimum Gasteiger partial charge on any atom is -0.481 e. The van der Waals surface area contributed by atoms with Crippen LogP contribution >= 0.6 is 0 Å². The number of nitrogens with one attached hydrogen (secondary N) is 1. The molecular formula is C16H17N3O4. The Balaban J connectivity index is 1.63. The maximum absolute atomic E-state index is 12.3. The Bertz CT molecular complexity index is 642. The SMILES string of the molecule is COc1ccc(NC(=O)CN2C(=O)[C@H]3CC=CC[C@H]3C2=O)cn1. The van der Waals surface area contributed by atoms with Gasteiger partial charge in [-0.1, -0.05) is 12.2 Å². The van der Waals surface area contributed by atoms with Crippen LogP contribution in [0.4, 0.5) is 5.69 Å². The Morgan fingerprint density at radius 3 is 2.43 bits per heavy atom. The van der Waals surface area contributed by atoms with Gasteiger partial charge in [-0.15, -0.1) is 0 Å². The van der Waals surface area contributed by atoms with Crippen LogP contribution in [-0.4, -0.2) is 41.3 Å². The molecule has 1 aliphatic carbocycles. The van der Waals surface area contributed by atoms with Gasteiger partial charge in [-0.3, -0.25) is 19.3 Å². The lowest BCUT2D eigenvalue weighted by Gasteiger charge is -2.14. The Morgan fingerprint density at radius 1 is 1.26 bits per heavy atom. The van der Waals surface area contributed by atoms with E-state index in [4.69, 9.17) is 4.74 Å². The summed E-state index contributed by atoms with van der Waals surface area (Å²) in [5, 5.41) is 2.62. The van der Waals surface area contributed by atoms with Crippen LogP contribution in [0.2, 0.25) is 0 Å². The topological polar surface area (TPSA) is 88.6 Å². The molecule has 2 heterocycles. The van der Waals surface area contributed by atoms with E-state index in [9.17, 15) is 14.4 Å². The van der Waals surface area contributed by atoms with E-state index < -0.39 is 5.91 Å². The molecule has 0 radical (unpaired) electrons. The van der Waals surface area contributed by atoms with E-state index >= 15 is 0 Å². The first kappa shape index (κ1) is 15.2. The average molecular weight is 315 g/mol. The third kappa shape index (κ3) is 2.94. The van der Waals surface area contributed by atoms with Gasteiger partial charge in [0, 0.05) is 6.07 Å². The number of ether oxygens (including phenoxy) is 1. The summed E-state index contributed by atoms with van der Waals surface area (Å²) in [6.07, 6.45) is 6.41. The van der Waals surface area contributed by atoms with Gasteiger partial charge in [0.2, 0.25) is 23.6 Å². The number of carbonyl (C=O) groups excluding carboxylic acids is 3. The molecule has 1 aromatic heterocycles. The minimum absolute atomic E-state index is 0.257. The fourth-order valence-electron chi connectivity index (χ4n) is 2.94. The number of allylic oxidation sites excluding steroid dienone is 2. The summed E-state index contributed by atoms with van der Waals surface area (Å²) in [4.78, 5) is 41.7. The number of hydrogen-bond acceptors (Lipinski definition) is 5. The molecule has 0 aromatic carbocycles. The molecular weight excluding hydrogens is 298 g/mol. The number of pyridine rings is 1. The molecule has 2 aliphatic rings. The van der Waals surface area contributed by atoms with Crippen molar-refractivity contribution in [2.75, 3.05) is 19.0 Å². The van der Waals surface area contributed by atoms with Gasteiger partial charge in [-0.05, 0) is 18.9 Å². The van der Waals surface area contributed by atoms with Crippen molar-refractivity contribution in [3.05, 3.63) is 30.5 Å². The van der Waals surface area contributed by atoms with Crippen molar-refractivity contribution in [2.24, 2.45) is 11.8 Å². The molecule has 23 heavy (non-hydrogen) atoms. The monoisotopic (exact) mass is 315 g/mol. The molecule has 3 amide bonds. The molecule has 1 N–H and O–H groups in total. The van der Waals surface area contributed by atoms with E-state index in [1.807, 2.05) is 12.2 Å². The predicted molar refractivity (Wildman–Crippen MR) is 81.5 cm³/mol. The number of aromatic nitrogens is 1. The summed E-state index contributed by atoms with van der Waals surface area (Å²) in [5.41, 5.74) is 0.481. The third-order valence-electron chi connectivity index (χ3n) is 4.13. The number of methoxy groups -OCH3 is 1. The van der Waals surface area contributed by atoms with Crippen LogP contribution in [0, 0.1) is 11.8 Å². The molecule has 1 aliphatic heterocycles. The summed E-state index contributed by atoms with van der Waals surface area (Å²) >= 11 is 0. The van der Waals surface area contributed by atoms with Crippen LogP contribution in [0.15, 0.2) is 30.5 Å². The highest BCUT2D eigenvalue weighted by atomic mass is 16.5. The zero-order valence-corrected chi connectivity index (χ0v) is 12.7. The molecule has 7 nitrogen and oxygen atoms in total. The number of likely N-dealkylation sites (tertiary alicyclic amines) is 1. The fourth-order valence-corrected chi connectivity index (χ4v) is 2.94. The van der Waals surface area contributed by atoms with Crippen molar-refractivity contribution in [3.8, 4) is 5.88 Å². The lowest BCUT2D eigenvalue weighted by molar-refractivity contribution is -0.142. The number of amides is 3. The van der Waals surface area contributed by atoms with E-state index in [1.54, 1.807) is 12.1 Å². The second-order valence-corrected chi connectivity index (χ2v) is 5.56. The second kappa shape index (κ2) is 6.20. The first-order chi connectivity index (χ1) is 11.1. The number of hydrogen-bond donors (Lipinski definition) is 1. The van der Waals surface area contributed by atoms with Crippen LogP contribution in [0.1, 0.15) is 12.8 Å². The van der Waals surface area contributed by atoms with Crippen molar-refractivity contribution in [2.45, 2.75) is 12.8 Å². The van der Waals surface area contributed by atoms with Crippen LogP contribution in [0.25, 0.3) is 0 Å². The summed E-state index contributed by atoms with van der Waals surface area (Å²) in [7, 11) is 1.50. The van der Waals surface area contributed by atoms with Crippen LogP contribution < -0.4 is 10.1 Å². The maximum atomic E-state index is 12.3. The molecule has 2 atom stereocenters. The molecule has 0 bridgehead atoms. The first-order valence-corrected chi connectivity index (χ1v) is 7.40. The van der Waals surface area contributed by atoms with Gasteiger partial charge < -0.3 is 10.1 Å². The van der Waals surface area contributed by atoms with E-state index in [0.717, 1.165) is 4.90 Å². The van der Waals surface area contributed by atoms with Crippen molar-refractivity contribution < 1.29 is 19.1 Å². The number of imide groups is 1. The van der Waals surface area contributed by atoms with E-state index in [2.05, 4.69) is 10.3 Å². The third-order valence-corrected chi connectivity index (χ3v) is 4.13. The quantitative estimate of drug-likeness (QED) is 0.661. The highest BCUT2D eigenvalue weighted by Crippen LogP contribution is 2.34. The molecule has 0 spiro atoms. The molecule has 1 aromatic rings. The average Bonchev–Trinajstić information content (AvgIpc) is 2.81. The van der Waals surface area contributed by atoms with Gasteiger partial charge >= 0.3 is 0 Å². The normalized spacial score (nSPS) is 22.9. The van der Waals surface area contributed by atoms with Crippen molar-refractivity contribution >= 4 is 23.4 Å². The maximum Gasteiger partial charge on any atom is 0.244 e. The van der Waals surface area contributed by atoms with Gasteiger partial charge in [0.15, 0.2) is 0 Å². The Morgan fingerprint density at radius 2 is 1.91 bits per heavy atom. The largest absolute Gasteiger partial charge is 0.481 e. The summed E-state index contributed by atoms with van der Waals surface area (Å²) in [6, 6.07) is 3.25. The lowest BCUT2D eigenvalue weighted by atomic mass is 9.85. The number of rotatable bonds is 4. The Labute approximate surface area is 133 Å². The molecule has 1 saturated heterocycles. The van der Waals surface area contributed by atoms with Crippen LogP contribution in [0.5, 0.6) is 5.88 Å². The number of anilines is 1. The molecule has 0 unspecified atom stereocenters. The molecule has 0 saturated carbocycles. The van der Waals surface area contributed by atoms with Crippen molar-refractivity contribution in [3.63, 3.8) is 0 Å². The molecule has 1 fully saturated rings. The smallest absolute Gasteiger partial charge is 0.244 e. The number of nitrogens with zero attached hydrogens (tertiary/aromatic N) is 2. The standard InChI is InChI=1S/C16H17N3O4/c1-23-14-7-6-10(8-17-14)18-13(20)9-19-15(21)11-4-2-3-5-12(11)16(19)22/h2-3,6-8,11-12H,4-5,9H2,1H3,(H,18,20)/t11-,12+. The summed E-state index contributed by atoms with van der Waals surface area (Å²) < 4.78 is 4.94. The Kier molecular flexibility index (Phi) is 4.10. The predicted octanol–water partition coefficient (Wildman–Crippen LogP) is 0.980. The molecule has 7 heteroatoms. The minimum atomic E-state index is -0.426.